The molecule has 0 fully saturated rings. The van der Waals surface area contributed by atoms with Crippen molar-refractivity contribution in [3.8, 4) is 23.1 Å². The van der Waals surface area contributed by atoms with Crippen molar-refractivity contribution < 1.29 is 23.7 Å². The molecule has 2 N–H and O–H groups in total. The lowest BCUT2D eigenvalue weighted by atomic mass is 10.2. The molecule has 9 heteroatoms. The molecule has 1 amide bonds. The van der Waals surface area contributed by atoms with Crippen LogP contribution in [-0.4, -0.2) is 42.8 Å². The number of benzene rings is 2. The van der Waals surface area contributed by atoms with Crippen LogP contribution < -0.4 is 29.8 Å². The zero-order chi connectivity index (χ0) is 23.3. The van der Waals surface area contributed by atoms with Crippen molar-refractivity contribution in [2.24, 2.45) is 0 Å². The van der Waals surface area contributed by atoms with Crippen molar-refractivity contribution in [1.29, 1.82) is 0 Å². The van der Waals surface area contributed by atoms with Gasteiger partial charge in [0.25, 0.3) is 5.91 Å². The minimum absolute atomic E-state index is 0.215. The van der Waals surface area contributed by atoms with Crippen molar-refractivity contribution in [1.82, 2.24) is 15.4 Å². The maximum absolute atomic E-state index is 12.1. The number of amides is 1. The number of aromatic nitrogens is 2. The number of hydrazine groups is 1. The fraction of sp³-hybridized carbons (Fsp3) is 0.208. The molecule has 1 heterocycles. The molecule has 0 aliphatic carbocycles. The first-order valence-corrected chi connectivity index (χ1v) is 10.4. The molecule has 0 radical (unpaired) electrons. The third-order valence-electron chi connectivity index (χ3n) is 4.18. The third kappa shape index (κ3) is 7.73. The van der Waals surface area contributed by atoms with Crippen LogP contribution in [0, 0.1) is 0 Å². The van der Waals surface area contributed by atoms with Gasteiger partial charge in [-0.2, -0.15) is 4.98 Å². The summed E-state index contributed by atoms with van der Waals surface area (Å²) in [6, 6.07) is 16.6. The lowest BCUT2D eigenvalue weighted by molar-refractivity contribution is -0.116. The lowest BCUT2D eigenvalue weighted by Gasteiger charge is -2.13. The zero-order valence-electron chi connectivity index (χ0n) is 18.5. The number of methoxy groups -OCH3 is 1. The van der Waals surface area contributed by atoms with Gasteiger partial charge in [-0.15, -0.1) is 0 Å². The first kappa shape index (κ1) is 23.4. The van der Waals surface area contributed by atoms with Crippen LogP contribution in [0.5, 0.6) is 23.1 Å². The Morgan fingerprint density at radius 1 is 1.00 bits per heavy atom. The Balaban J connectivity index is 1.52. The van der Waals surface area contributed by atoms with Crippen LogP contribution in [0.15, 0.2) is 66.9 Å². The number of rotatable bonds is 12. The summed E-state index contributed by atoms with van der Waals surface area (Å²) in [5.41, 5.74) is 5.90. The molecule has 0 atom stereocenters. The van der Waals surface area contributed by atoms with Gasteiger partial charge in [0, 0.05) is 18.3 Å². The van der Waals surface area contributed by atoms with Gasteiger partial charge in [-0.3, -0.25) is 15.6 Å². The number of nitrogens with one attached hydrogen (secondary N) is 2. The molecular weight excluding hydrogens is 424 g/mol. The summed E-state index contributed by atoms with van der Waals surface area (Å²) in [7, 11) is 1.50. The van der Waals surface area contributed by atoms with E-state index in [9.17, 15) is 4.79 Å². The van der Waals surface area contributed by atoms with Crippen LogP contribution in [0.2, 0.25) is 0 Å². The molecule has 0 aliphatic rings. The number of nitrogens with zero attached hydrogens (tertiary/aromatic N) is 2. The normalized spacial score (nSPS) is 10.5. The van der Waals surface area contributed by atoms with Crippen LogP contribution in [0.1, 0.15) is 12.5 Å². The molecule has 0 aliphatic heterocycles. The van der Waals surface area contributed by atoms with Crippen LogP contribution in [-0.2, 0) is 4.79 Å². The van der Waals surface area contributed by atoms with E-state index in [1.165, 1.54) is 19.4 Å². The number of hydrogen-bond donors (Lipinski definition) is 2. The number of carbonyl (C=O) groups is 1. The van der Waals surface area contributed by atoms with Gasteiger partial charge in [-0.25, -0.2) is 4.98 Å². The second kappa shape index (κ2) is 12.6. The molecule has 9 nitrogen and oxygen atoms in total. The highest BCUT2D eigenvalue weighted by molar-refractivity contribution is 5.92. The van der Waals surface area contributed by atoms with Gasteiger partial charge in [-0.1, -0.05) is 24.3 Å². The quantitative estimate of drug-likeness (QED) is 0.246. The Labute approximate surface area is 192 Å². The Morgan fingerprint density at radius 3 is 2.61 bits per heavy atom. The molecule has 0 bridgehead atoms. The smallest absolute Gasteiger partial charge is 0.262 e. The summed E-state index contributed by atoms with van der Waals surface area (Å²) in [5, 5.41) is 0. The average Bonchev–Trinajstić information content (AvgIpc) is 2.86. The summed E-state index contributed by atoms with van der Waals surface area (Å²) in [4.78, 5) is 20.1. The highest BCUT2D eigenvalue weighted by Crippen LogP contribution is 2.29. The van der Waals surface area contributed by atoms with E-state index in [4.69, 9.17) is 18.9 Å². The maximum Gasteiger partial charge on any atom is 0.262 e. The molecule has 0 saturated heterocycles. The van der Waals surface area contributed by atoms with E-state index in [0.717, 1.165) is 11.3 Å². The highest BCUT2D eigenvalue weighted by atomic mass is 16.5. The van der Waals surface area contributed by atoms with Gasteiger partial charge in [0.2, 0.25) is 11.8 Å². The molecule has 3 rings (SSSR count). The van der Waals surface area contributed by atoms with Gasteiger partial charge in [0.15, 0.2) is 11.5 Å². The van der Waals surface area contributed by atoms with Crippen LogP contribution in [0.3, 0.4) is 0 Å². The summed E-state index contributed by atoms with van der Waals surface area (Å²) < 4.78 is 22.1. The van der Waals surface area contributed by atoms with E-state index in [1.807, 2.05) is 43.3 Å². The largest absolute Gasteiger partial charge is 0.490 e. The van der Waals surface area contributed by atoms with E-state index < -0.39 is 0 Å². The molecule has 3 aromatic rings. The van der Waals surface area contributed by atoms with Crippen molar-refractivity contribution in [2.45, 2.75) is 6.92 Å². The van der Waals surface area contributed by atoms with Crippen LogP contribution in [0.4, 0.5) is 5.95 Å². The summed E-state index contributed by atoms with van der Waals surface area (Å²) >= 11 is 0. The van der Waals surface area contributed by atoms with Gasteiger partial charge < -0.3 is 18.9 Å². The molecule has 0 saturated carbocycles. The van der Waals surface area contributed by atoms with Crippen molar-refractivity contribution >= 4 is 17.9 Å². The zero-order valence-corrected chi connectivity index (χ0v) is 18.5. The van der Waals surface area contributed by atoms with E-state index in [0.29, 0.717) is 37.2 Å². The Morgan fingerprint density at radius 2 is 1.82 bits per heavy atom. The summed E-state index contributed by atoms with van der Waals surface area (Å²) in [6.07, 6.45) is 4.56. The topological polar surface area (TPSA) is 104 Å². The van der Waals surface area contributed by atoms with Crippen molar-refractivity contribution in [3.63, 3.8) is 0 Å². The van der Waals surface area contributed by atoms with Gasteiger partial charge in [-0.05, 0) is 42.8 Å². The standard InChI is InChI=1S/C24H26N4O5/c1-3-31-21-17-18(9-11-20(21)33-16-15-32-19-7-5-4-6-8-19)10-12-22(29)27-28-24-25-14-13-23(26-24)30-2/h4-14,17H,3,15-16H2,1-2H3,(H,27,29)(H,25,26,28)/b12-10+. The minimum atomic E-state index is -0.377. The lowest BCUT2D eigenvalue weighted by Crippen LogP contribution is -2.28. The monoisotopic (exact) mass is 450 g/mol. The van der Waals surface area contributed by atoms with Crippen molar-refractivity contribution in [2.75, 3.05) is 32.4 Å². The number of carbonyl (C=O) groups excluding carboxylic acids is 1. The molecule has 2 aromatic carbocycles. The molecule has 1 aromatic heterocycles. The van der Waals surface area contributed by atoms with Crippen LogP contribution in [0.25, 0.3) is 6.08 Å². The first-order valence-electron chi connectivity index (χ1n) is 10.4. The Hall–Kier alpha value is -4.27. The molecule has 172 valence electrons. The third-order valence-corrected chi connectivity index (χ3v) is 4.18. The fourth-order valence-corrected chi connectivity index (χ4v) is 2.69. The molecular formula is C24H26N4O5. The fourth-order valence-electron chi connectivity index (χ4n) is 2.69. The molecule has 0 spiro atoms. The molecule has 0 unspecified atom stereocenters. The molecule has 33 heavy (non-hydrogen) atoms. The number of anilines is 1. The second-order valence-corrected chi connectivity index (χ2v) is 6.52. The number of ether oxygens (including phenoxy) is 4. The number of para-hydroxylation sites is 1. The Bertz CT molecular complexity index is 1060. The SMILES string of the molecule is CCOc1cc(/C=C/C(=O)NNc2nccc(OC)n2)ccc1OCCOc1ccccc1. The van der Waals surface area contributed by atoms with E-state index in [1.54, 1.807) is 24.3 Å². The van der Waals surface area contributed by atoms with E-state index in [-0.39, 0.29) is 11.9 Å². The second-order valence-electron chi connectivity index (χ2n) is 6.52. The summed E-state index contributed by atoms with van der Waals surface area (Å²) in [6.45, 7) is 3.14. The van der Waals surface area contributed by atoms with E-state index in [2.05, 4.69) is 20.8 Å². The Kier molecular flexibility index (Phi) is 8.90. The number of hydrogen-bond acceptors (Lipinski definition) is 8. The van der Waals surface area contributed by atoms with Gasteiger partial charge in [0.1, 0.15) is 19.0 Å². The van der Waals surface area contributed by atoms with Crippen LogP contribution >= 0.6 is 0 Å². The van der Waals surface area contributed by atoms with Crippen molar-refractivity contribution in [3.05, 3.63) is 72.4 Å². The van der Waals surface area contributed by atoms with Gasteiger partial charge in [0.05, 0.1) is 13.7 Å². The first-order chi connectivity index (χ1) is 16.2. The predicted octanol–water partition coefficient (Wildman–Crippen LogP) is 3.50. The van der Waals surface area contributed by atoms with E-state index >= 15 is 0 Å². The van der Waals surface area contributed by atoms with Gasteiger partial charge >= 0.3 is 0 Å². The summed E-state index contributed by atoms with van der Waals surface area (Å²) in [5.74, 6) is 2.20. The predicted molar refractivity (Wildman–Crippen MR) is 124 cm³/mol. The maximum atomic E-state index is 12.1. The average molecular weight is 450 g/mol. The minimum Gasteiger partial charge on any atom is -0.490 e. The highest BCUT2D eigenvalue weighted by Gasteiger charge is 2.07.